The number of anilines is 1. The van der Waals surface area contributed by atoms with Gasteiger partial charge in [-0.25, -0.2) is 4.99 Å². The molecule has 0 aliphatic carbocycles. The first-order valence-electron chi connectivity index (χ1n) is 7.38. The van der Waals surface area contributed by atoms with Crippen LogP contribution in [-0.2, 0) is 11.3 Å². The van der Waals surface area contributed by atoms with Gasteiger partial charge in [-0.3, -0.25) is 0 Å². The van der Waals surface area contributed by atoms with Crippen LogP contribution in [-0.4, -0.2) is 70.3 Å². The maximum atomic E-state index is 5.39. The van der Waals surface area contributed by atoms with Crippen molar-refractivity contribution in [2.45, 2.75) is 6.54 Å². The highest BCUT2D eigenvalue weighted by molar-refractivity contribution is 14.0. The number of rotatable bonds is 3. The largest absolute Gasteiger partial charge is 0.378 e. The second-order valence-corrected chi connectivity index (χ2v) is 5.67. The van der Waals surface area contributed by atoms with E-state index >= 15 is 0 Å². The molecular formula is C16H27IN4O. The normalized spacial score (nSPS) is 14.1. The molecule has 0 N–H and O–H groups in total. The molecule has 1 heterocycles. The summed E-state index contributed by atoms with van der Waals surface area (Å²) in [5.74, 6) is 0.979. The lowest BCUT2D eigenvalue weighted by atomic mass is 10.2. The fraction of sp³-hybridized carbons (Fsp3) is 0.562. The van der Waals surface area contributed by atoms with Crippen molar-refractivity contribution in [1.29, 1.82) is 0 Å². The molecular weight excluding hydrogens is 391 g/mol. The van der Waals surface area contributed by atoms with Gasteiger partial charge in [-0.1, -0.05) is 12.1 Å². The number of benzene rings is 1. The first kappa shape index (κ1) is 19.0. The van der Waals surface area contributed by atoms with Crippen LogP contribution in [0.3, 0.4) is 0 Å². The zero-order chi connectivity index (χ0) is 15.2. The van der Waals surface area contributed by atoms with E-state index in [1.54, 1.807) is 0 Å². The Bertz CT molecular complexity index is 458. The lowest BCUT2D eigenvalue weighted by molar-refractivity contribution is 0.122. The van der Waals surface area contributed by atoms with E-state index < -0.39 is 0 Å². The topological polar surface area (TPSA) is 31.3 Å². The summed E-state index contributed by atoms with van der Waals surface area (Å²) in [6.45, 7) is 4.29. The number of hydrogen-bond donors (Lipinski definition) is 0. The van der Waals surface area contributed by atoms with Crippen LogP contribution in [0, 0.1) is 0 Å². The van der Waals surface area contributed by atoms with Crippen molar-refractivity contribution in [2.24, 2.45) is 4.99 Å². The van der Waals surface area contributed by atoms with Crippen LogP contribution >= 0.6 is 24.0 Å². The van der Waals surface area contributed by atoms with Gasteiger partial charge in [0, 0.05) is 47.0 Å². The third-order valence-corrected chi connectivity index (χ3v) is 3.52. The van der Waals surface area contributed by atoms with E-state index in [-0.39, 0.29) is 24.0 Å². The lowest BCUT2D eigenvalue weighted by Gasteiger charge is -2.28. The molecule has 0 unspecified atom stereocenters. The summed E-state index contributed by atoms with van der Waals surface area (Å²) in [5.41, 5.74) is 2.50. The molecule has 0 spiro atoms. The van der Waals surface area contributed by atoms with E-state index in [4.69, 9.17) is 4.74 Å². The molecule has 0 saturated carbocycles. The van der Waals surface area contributed by atoms with Gasteiger partial charge >= 0.3 is 0 Å². The fourth-order valence-electron chi connectivity index (χ4n) is 2.48. The standard InChI is InChI=1S/C16H26N4O.HI/c1-18(2)16(19(3)4)17-13-14-5-7-15(8-6-14)20-9-11-21-12-10-20;/h5-8H,9-13H2,1-4H3;1H. The number of guanidine groups is 1. The molecule has 0 radical (unpaired) electrons. The van der Waals surface area contributed by atoms with E-state index in [9.17, 15) is 0 Å². The molecule has 1 fully saturated rings. The minimum absolute atomic E-state index is 0. The molecule has 6 heteroatoms. The highest BCUT2D eigenvalue weighted by Crippen LogP contribution is 2.17. The van der Waals surface area contributed by atoms with E-state index in [1.807, 2.05) is 38.0 Å². The molecule has 124 valence electrons. The van der Waals surface area contributed by atoms with Gasteiger partial charge in [-0.15, -0.1) is 24.0 Å². The van der Waals surface area contributed by atoms with E-state index in [2.05, 4.69) is 34.2 Å². The summed E-state index contributed by atoms with van der Waals surface area (Å²) < 4.78 is 5.39. The van der Waals surface area contributed by atoms with Crippen molar-refractivity contribution in [1.82, 2.24) is 9.80 Å². The van der Waals surface area contributed by atoms with Crippen molar-refractivity contribution in [3.05, 3.63) is 29.8 Å². The highest BCUT2D eigenvalue weighted by atomic mass is 127. The lowest BCUT2D eigenvalue weighted by Crippen LogP contribution is -2.36. The third kappa shape index (κ3) is 5.31. The number of ether oxygens (including phenoxy) is 1. The molecule has 0 bridgehead atoms. The zero-order valence-corrected chi connectivity index (χ0v) is 16.3. The molecule has 22 heavy (non-hydrogen) atoms. The zero-order valence-electron chi connectivity index (χ0n) is 14.0. The van der Waals surface area contributed by atoms with E-state index in [0.717, 1.165) is 32.3 Å². The van der Waals surface area contributed by atoms with Gasteiger partial charge in [0.05, 0.1) is 19.8 Å². The summed E-state index contributed by atoms with van der Waals surface area (Å²) in [7, 11) is 8.06. The molecule has 0 aromatic heterocycles. The Morgan fingerprint density at radius 1 is 1.05 bits per heavy atom. The van der Waals surface area contributed by atoms with Gasteiger partial charge in [0.2, 0.25) is 0 Å². The summed E-state index contributed by atoms with van der Waals surface area (Å²) in [5, 5.41) is 0. The van der Waals surface area contributed by atoms with Gasteiger partial charge in [-0.05, 0) is 17.7 Å². The van der Waals surface area contributed by atoms with Crippen molar-refractivity contribution >= 4 is 35.6 Å². The molecule has 1 aromatic rings. The Morgan fingerprint density at radius 3 is 2.09 bits per heavy atom. The van der Waals surface area contributed by atoms with Gasteiger partial charge in [0.25, 0.3) is 0 Å². The van der Waals surface area contributed by atoms with Crippen LogP contribution in [0.1, 0.15) is 5.56 Å². The van der Waals surface area contributed by atoms with Crippen LogP contribution in [0.25, 0.3) is 0 Å². The molecule has 1 aliphatic heterocycles. The third-order valence-electron chi connectivity index (χ3n) is 3.52. The van der Waals surface area contributed by atoms with E-state index in [1.165, 1.54) is 11.3 Å². The molecule has 5 nitrogen and oxygen atoms in total. The van der Waals surface area contributed by atoms with Crippen LogP contribution in [0.5, 0.6) is 0 Å². The number of hydrogen-bond acceptors (Lipinski definition) is 3. The van der Waals surface area contributed by atoms with Crippen molar-refractivity contribution in [3.63, 3.8) is 0 Å². The fourth-order valence-corrected chi connectivity index (χ4v) is 2.48. The second kappa shape index (κ2) is 9.19. The second-order valence-electron chi connectivity index (χ2n) is 5.67. The highest BCUT2D eigenvalue weighted by Gasteiger charge is 2.10. The van der Waals surface area contributed by atoms with Gasteiger partial charge in [0.1, 0.15) is 0 Å². The quantitative estimate of drug-likeness (QED) is 0.428. The number of aliphatic imine (C=N–C) groups is 1. The summed E-state index contributed by atoms with van der Waals surface area (Å²) >= 11 is 0. The molecule has 2 rings (SSSR count). The Morgan fingerprint density at radius 2 is 1.59 bits per heavy atom. The summed E-state index contributed by atoms with van der Waals surface area (Å²) in [6.07, 6.45) is 0. The number of morpholine rings is 1. The Labute approximate surface area is 151 Å². The Balaban J connectivity index is 0.00000242. The van der Waals surface area contributed by atoms with E-state index in [0.29, 0.717) is 6.54 Å². The minimum atomic E-state index is 0. The Hall–Kier alpha value is -1.02. The first-order chi connectivity index (χ1) is 10.1. The van der Waals surface area contributed by atoms with Crippen molar-refractivity contribution in [3.8, 4) is 0 Å². The van der Waals surface area contributed by atoms with Crippen molar-refractivity contribution in [2.75, 3.05) is 59.4 Å². The molecule has 1 saturated heterocycles. The van der Waals surface area contributed by atoms with Gasteiger partial charge in [0.15, 0.2) is 5.96 Å². The van der Waals surface area contributed by atoms with Crippen LogP contribution in [0.15, 0.2) is 29.3 Å². The number of nitrogens with zero attached hydrogens (tertiary/aromatic N) is 4. The van der Waals surface area contributed by atoms with Crippen LogP contribution in [0.4, 0.5) is 5.69 Å². The average Bonchev–Trinajstić information content (AvgIpc) is 2.48. The van der Waals surface area contributed by atoms with Gasteiger partial charge in [-0.2, -0.15) is 0 Å². The monoisotopic (exact) mass is 418 g/mol. The predicted molar refractivity (Wildman–Crippen MR) is 103 cm³/mol. The minimum Gasteiger partial charge on any atom is -0.378 e. The van der Waals surface area contributed by atoms with Gasteiger partial charge < -0.3 is 19.4 Å². The molecule has 0 atom stereocenters. The number of halogens is 1. The molecule has 0 amide bonds. The summed E-state index contributed by atoms with van der Waals surface area (Å²) in [6, 6.07) is 8.69. The molecule has 1 aromatic carbocycles. The Kier molecular flexibility index (Phi) is 7.95. The average molecular weight is 418 g/mol. The SMILES string of the molecule is CN(C)C(=NCc1ccc(N2CCOCC2)cc1)N(C)C.I. The predicted octanol–water partition coefficient (Wildman–Crippen LogP) is 2.12. The molecule has 1 aliphatic rings. The van der Waals surface area contributed by atoms with Crippen LogP contribution < -0.4 is 4.90 Å². The first-order valence-corrected chi connectivity index (χ1v) is 7.38. The maximum Gasteiger partial charge on any atom is 0.195 e. The van der Waals surface area contributed by atoms with Crippen LogP contribution in [0.2, 0.25) is 0 Å². The maximum absolute atomic E-state index is 5.39. The smallest absolute Gasteiger partial charge is 0.195 e. The van der Waals surface area contributed by atoms with Crippen molar-refractivity contribution < 1.29 is 4.74 Å². The summed E-state index contributed by atoms with van der Waals surface area (Å²) in [4.78, 5) is 11.1.